The smallest absolute Gasteiger partial charge is 0.308 e. The Morgan fingerprint density at radius 2 is 1.90 bits per heavy atom. The Hall–Kier alpha value is -1.88. The minimum atomic E-state index is -0.836. The summed E-state index contributed by atoms with van der Waals surface area (Å²) in [7, 11) is 0. The lowest BCUT2D eigenvalue weighted by Crippen LogP contribution is -2.51. The van der Waals surface area contributed by atoms with Crippen LogP contribution in [-0.4, -0.2) is 29.1 Å². The standard InChI is InChI=1S/C16H22N2O3/c17-13(10-11-6-2-1-3-7-11)15(19)18-14-9-5-4-8-12(14)16(20)21/h1-3,6-7,12-14H,4-5,8-10,17H2,(H,18,19)(H,20,21)/t12?,13-,14?/m0/s1. The number of hydrogen-bond acceptors (Lipinski definition) is 3. The molecule has 1 fully saturated rings. The zero-order valence-corrected chi connectivity index (χ0v) is 12.0. The number of hydrogen-bond donors (Lipinski definition) is 3. The molecule has 1 aromatic carbocycles. The third kappa shape index (κ3) is 4.29. The molecule has 0 aromatic heterocycles. The Balaban J connectivity index is 1.91. The second-order valence-electron chi connectivity index (χ2n) is 5.64. The van der Waals surface area contributed by atoms with E-state index >= 15 is 0 Å². The molecule has 0 heterocycles. The van der Waals surface area contributed by atoms with E-state index in [1.807, 2.05) is 30.3 Å². The first-order valence-corrected chi connectivity index (χ1v) is 7.40. The van der Waals surface area contributed by atoms with Gasteiger partial charge in [0.05, 0.1) is 12.0 Å². The van der Waals surface area contributed by atoms with Crippen molar-refractivity contribution in [2.45, 2.75) is 44.2 Å². The number of carboxylic acids is 1. The van der Waals surface area contributed by atoms with Gasteiger partial charge in [0, 0.05) is 6.04 Å². The van der Waals surface area contributed by atoms with Gasteiger partial charge in [-0.05, 0) is 24.8 Å². The third-order valence-electron chi connectivity index (χ3n) is 4.05. The van der Waals surface area contributed by atoms with Crippen LogP contribution in [0.5, 0.6) is 0 Å². The Morgan fingerprint density at radius 1 is 1.24 bits per heavy atom. The second-order valence-corrected chi connectivity index (χ2v) is 5.64. The predicted octanol–water partition coefficient (Wildman–Crippen LogP) is 1.32. The van der Waals surface area contributed by atoms with Crippen molar-refractivity contribution in [1.29, 1.82) is 0 Å². The predicted molar refractivity (Wildman–Crippen MR) is 79.6 cm³/mol. The van der Waals surface area contributed by atoms with Crippen molar-refractivity contribution >= 4 is 11.9 Å². The van der Waals surface area contributed by atoms with E-state index < -0.39 is 17.9 Å². The molecular formula is C16H22N2O3. The molecular weight excluding hydrogens is 268 g/mol. The molecule has 3 atom stereocenters. The Bertz CT molecular complexity index is 490. The zero-order valence-electron chi connectivity index (χ0n) is 12.0. The highest BCUT2D eigenvalue weighted by Crippen LogP contribution is 2.24. The van der Waals surface area contributed by atoms with Gasteiger partial charge in [0.15, 0.2) is 0 Å². The summed E-state index contributed by atoms with van der Waals surface area (Å²) in [5.74, 6) is -1.60. The summed E-state index contributed by atoms with van der Waals surface area (Å²) in [4.78, 5) is 23.4. The van der Waals surface area contributed by atoms with Gasteiger partial charge in [0.1, 0.15) is 0 Å². The number of nitrogens with two attached hydrogens (primary N) is 1. The first-order chi connectivity index (χ1) is 10.1. The van der Waals surface area contributed by atoms with Crippen molar-refractivity contribution in [3.05, 3.63) is 35.9 Å². The molecule has 1 amide bonds. The molecule has 1 aromatic rings. The lowest BCUT2D eigenvalue weighted by Gasteiger charge is -2.30. The van der Waals surface area contributed by atoms with Gasteiger partial charge in [-0.1, -0.05) is 43.2 Å². The van der Waals surface area contributed by atoms with Gasteiger partial charge in [-0.3, -0.25) is 9.59 Å². The first-order valence-electron chi connectivity index (χ1n) is 7.40. The van der Waals surface area contributed by atoms with Crippen LogP contribution in [0, 0.1) is 5.92 Å². The molecule has 2 rings (SSSR count). The van der Waals surface area contributed by atoms with Gasteiger partial charge < -0.3 is 16.2 Å². The minimum absolute atomic E-state index is 0.267. The van der Waals surface area contributed by atoms with Crippen LogP contribution in [0.2, 0.25) is 0 Å². The number of rotatable bonds is 5. The van der Waals surface area contributed by atoms with Crippen LogP contribution in [0.15, 0.2) is 30.3 Å². The molecule has 0 aliphatic heterocycles. The van der Waals surface area contributed by atoms with Crippen molar-refractivity contribution in [3.63, 3.8) is 0 Å². The monoisotopic (exact) mass is 290 g/mol. The fourth-order valence-electron chi connectivity index (χ4n) is 2.85. The minimum Gasteiger partial charge on any atom is -0.481 e. The highest BCUT2D eigenvalue weighted by molar-refractivity contribution is 5.83. The van der Waals surface area contributed by atoms with E-state index in [1.54, 1.807) is 0 Å². The number of benzene rings is 1. The van der Waals surface area contributed by atoms with Crippen molar-refractivity contribution < 1.29 is 14.7 Å². The van der Waals surface area contributed by atoms with Gasteiger partial charge in [-0.25, -0.2) is 0 Å². The summed E-state index contributed by atoms with van der Waals surface area (Å²) in [5, 5.41) is 12.0. The van der Waals surface area contributed by atoms with Crippen LogP contribution in [0.1, 0.15) is 31.2 Å². The molecule has 0 saturated heterocycles. The van der Waals surface area contributed by atoms with Crippen molar-refractivity contribution in [2.75, 3.05) is 0 Å². The summed E-state index contributed by atoms with van der Waals surface area (Å²) in [6.07, 6.45) is 3.63. The van der Waals surface area contributed by atoms with Crippen molar-refractivity contribution in [1.82, 2.24) is 5.32 Å². The average Bonchev–Trinajstić information content (AvgIpc) is 2.48. The van der Waals surface area contributed by atoms with Gasteiger partial charge in [-0.2, -0.15) is 0 Å². The van der Waals surface area contributed by atoms with Crippen LogP contribution in [0.3, 0.4) is 0 Å². The van der Waals surface area contributed by atoms with Crippen LogP contribution in [0.25, 0.3) is 0 Å². The molecule has 114 valence electrons. The maximum absolute atomic E-state index is 12.2. The summed E-state index contributed by atoms with van der Waals surface area (Å²) in [6.45, 7) is 0. The molecule has 0 spiro atoms. The molecule has 4 N–H and O–H groups in total. The van der Waals surface area contributed by atoms with Crippen LogP contribution in [-0.2, 0) is 16.0 Å². The van der Waals surface area contributed by atoms with E-state index in [2.05, 4.69) is 5.32 Å². The fraction of sp³-hybridized carbons (Fsp3) is 0.500. The maximum atomic E-state index is 12.2. The maximum Gasteiger partial charge on any atom is 0.308 e. The number of carbonyl (C=O) groups excluding carboxylic acids is 1. The summed E-state index contributed by atoms with van der Waals surface area (Å²) < 4.78 is 0. The van der Waals surface area contributed by atoms with E-state index in [0.717, 1.165) is 18.4 Å². The van der Waals surface area contributed by atoms with Crippen molar-refractivity contribution in [3.8, 4) is 0 Å². The number of carboxylic acid groups (broad SMARTS) is 1. The number of amides is 1. The fourth-order valence-corrected chi connectivity index (χ4v) is 2.85. The average molecular weight is 290 g/mol. The summed E-state index contributed by atoms with van der Waals surface area (Å²) in [6, 6.07) is 8.62. The Kier molecular flexibility index (Phi) is 5.33. The molecule has 5 nitrogen and oxygen atoms in total. The molecule has 21 heavy (non-hydrogen) atoms. The normalized spacial score (nSPS) is 23.3. The molecule has 5 heteroatoms. The van der Waals surface area contributed by atoms with E-state index in [0.29, 0.717) is 19.3 Å². The first kappa shape index (κ1) is 15.5. The van der Waals surface area contributed by atoms with Crippen molar-refractivity contribution in [2.24, 2.45) is 11.7 Å². The Morgan fingerprint density at radius 3 is 2.57 bits per heavy atom. The van der Waals surface area contributed by atoms with Crippen LogP contribution < -0.4 is 11.1 Å². The lowest BCUT2D eigenvalue weighted by atomic mass is 9.84. The molecule has 1 aliphatic rings. The van der Waals surface area contributed by atoms with E-state index in [9.17, 15) is 14.7 Å². The topological polar surface area (TPSA) is 92.4 Å². The number of carbonyl (C=O) groups is 2. The van der Waals surface area contributed by atoms with E-state index in [4.69, 9.17) is 5.73 Å². The van der Waals surface area contributed by atoms with Gasteiger partial charge >= 0.3 is 5.97 Å². The third-order valence-corrected chi connectivity index (χ3v) is 4.05. The highest BCUT2D eigenvalue weighted by atomic mass is 16.4. The van der Waals surface area contributed by atoms with Crippen LogP contribution in [0.4, 0.5) is 0 Å². The number of nitrogens with one attached hydrogen (secondary N) is 1. The lowest BCUT2D eigenvalue weighted by molar-refractivity contribution is -0.144. The zero-order chi connectivity index (χ0) is 15.2. The molecule has 2 unspecified atom stereocenters. The quantitative estimate of drug-likeness (QED) is 0.762. The summed E-state index contributed by atoms with van der Waals surface area (Å²) >= 11 is 0. The van der Waals surface area contributed by atoms with Gasteiger partial charge in [0.25, 0.3) is 0 Å². The largest absolute Gasteiger partial charge is 0.481 e. The summed E-state index contributed by atoms with van der Waals surface area (Å²) in [5.41, 5.74) is 6.93. The number of aliphatic carboxylic acids is 1. The van der Waals surface area contributed by atoms with Crippen LogP contribution >= 0.6 is 0 Å². The van der Waals surface area contributed by atoms with Gasteiger partial charge in [-0.15, -0.1) is 0 Å². The molecule has 1 aliphatic carbocycles. The van der Waals surface area contributed by atoms with E-state index in [-0.39, 0.29) is 11.9 Å². The van der Waals surface area contributed by atoms with Gasteiger partial charge in [0.2, 0.25) is 5.91 Å². The molecule has 1 saturated carbocycles. The Labute approximate surface area is 124 Å². The van der Waals surface area contributed by atoms with E-state index in [1.165, 1.54) is 0 Å². The highest BCUT2D eigenvalue weighted by Gasteiger charge is 2.32. The SMILES string of the molecule is N[C@@H](Cc1ccccc1)C(=O)NC1CCCCC1C(=O)O. The molecule has 0 bridgehead atoms. The molecule has 0 radical (unpaired) electrons. The second kappa shape index (κ2) is 7.22.